The lowest BCUT2D eigenvalue weighted by molar-refractivity contribution is -0.143. The maximum atomic E-state index is 13.6. The zero-order valence-electron chi connectivity index (χ0n) is 20.3. The molecule has 0 bridgehead atoms. The fraction of sp³-hybridized carbons (Fsp3) is 0.259. The number of anilines is 1. The summed E-state index contributed by atoms with van der Waals surface area (Å²) in [6, 6.07) is 13.5. The lowest BCUT2D eigenvalue weighted by Crippen LogP contribution is -2.42. The Balaban J connectivity index is 2.11. The van der Waals surface area contributed by atoms with Gasteiger partial charge < -0.3 is 9.64 Å². The molecule has 196 valence electrons. The number of ketones is 1. The second-order valence-corrected chi connectivity index (χ2v) is 8.86. The number of hydrogen-bond donors (Lipinski definition) is 0. The zero-order chi connectivity index (χ0) is 27.8. The Hall–Kier alpha value is -3.82. The van der Waals surface area contributed by atoms with E-state index >= 15 is 0 Å². The molecule has 0 saturated carbocycles. The van der Waals surface area contributed by atoms with Gasteiger partial charge in [-0.05, 0) is 55.8 Å². The predicted octanol–water partition coefficient (Wildman–Crippen LogP) is 6.90. The second-order valence-electron chi connectivity index (χ2n) is 8.86. The van der Waals surface area contributed by atoms with Gasteiger partial charge >= 0.3 is 12.4 Å². The van der Waals surface area contributed by atoms with Gasteiger partial charge in [-0.15, -0.1) is 0 Å². The van der Waals surface area contributed by atoms with E-state index in [2.05, 4.69) is 0 Å². The summed E-state index contributed by atoms with van der Waals surface area (Å²) in [4.78, 5) is 27.9. The number of hydrogen-bond acceptors (Lipinski definition) is 3. The number of rotatable bonds is 6. The van der Waals surface area contributed by atoms with Gasteiger partial charge in [0.1, 0.15) is 5.75 Å². The molecule has 0 saturated heterocycles. The molecule has 0 aliphatic heterocycles. The first-order chi connectivity index (χ1) is 17.1. The number of methoxy groups -OCH3 is 1. The quantitative estimate of drug-likeness (QED) is 0.261. The maximum Gasteiger partial charge on any atom is 0.416 e. The smallest absolute Gasteiger partial charge is 0.416 e. The van der Waals surface area contributed by atoms with Crippen LogP contribution in [0.2, 0.25) is 0 Å². The van der Waals surface area contributed by atoms with Crippen molar-refractivity contribution in [1.82, 2.24) is 0 Å². The first-order valence-electron chi connectivity index (χ1n) is 10.9. The molecule has 10 heteroatoms. The van der Waals surface area contributed by atoms with Crippen LogP contribution in [-0.2, 0) is 22.6 Å². The third kappa shape index (κ3) is 5.79. The Kier molecular flexibility index (Phi) is 7.44. The summed E-state index contributed by atoms with van der Waals surface area (Å²) in [7, 11) is 2.68. The summed E-state index contributed by atoms with van der Waals surface area (Å²) in [6.45, 7) is 2.45. The van der Waals surface area contributed by atoms with Gasteiger partial charge in [0.05, 0.1) is 29.3 Å². The number of amides is 1. The number of alkyl halides is 6. The minimum atomic E-state index is -5.06. The normalized spacial score (nSPS) is 12.3. The summed E-state index contributed by atoms with van der Waals surface area (Å²) in [6.07, 6.45) is -10.1. The van der Waals surface area contributed by atoms with Crippen LogP contribution in [-0.4, -0.2) is 25.8 Å². The highest BCUT2D eigenvalue weighted by atomic mass is 19.4. The fourth-order valence-electron chi connectivity index (χ4n) is 3.83. The zero-order valence-corrected chi connectivity index (χ0v) is 20.3. The van der Waals surface area contributed by atoms with Crippen molar-refractivity contribution in [1.29, 1.82) is 0 Å². The van der Waals surface area contributed by atoms with Crippen LogP contribution >= 0.6 is 0 Å². The summed E-state index contributed by atoms with van der Waals surface area (Å²) < 4.78 is 85.7. The molecule has 4 nitrogen and oxygen atoms in total. The van der Waals surface area contributed by atoms with Crippen molar-refractivity contribution in [2.45, 2.75) is 31.6 Å². The Labute approximate surface area is 209 Å². The highest BCUT2D eigenvalue weighted by molar-refractivity contribution is 6.15. The fourth-order valence-corrected chi connectivity index (χ4v) is 3.83. The van der Waals surface area contributed by atoms with Crippen molar-refractivity contribution in [2.75, 3.05) is 19.1 Å². The van der Waals surface area contributed by atoms with Crippen LogP contribution in [0.5, 0.6) is 5.75 Å². The topological polar surface area (TPSA) is 46.6 Å². The number of halogens is 6. The number of carbonyl (C=O) groups excluding carboxylic acids is 2. The van der Waals surface area contributed by atoms with Crippen LogP contribution in [0.15, 0.2) is 66.7 Å². The molecule has 0 radical (unpaired) electrons. The first kappa shape index (κ1) is 27.8. The van der Waals surface area contributed by atoms with E-state index in [1.54, 1.807) is 30.3 Å². The Morgan fingerprint density at radius 3 is 1.76 bits per heavy atom. The lowest BCUT2D eigenvalue weighted by atomic mass is 9.81. The van der Waals surface area contributed by atoms with E-state index in [0.29, 0.717) is 23.4 Å². The standard InChI is InChI=1S/C27H23F6NO3/c1-25(2,17-12-18(26(28,29)30)14-19(13-17)27(31,32)33)24(36)34(3)22-11-10-20(37-4)15-21(22)23(35)16-8-6-5-7-9-16/h5-15H,1-4H3. The molecule has 0 heterocycles. The van der Waals surface area contributed by atoms with E-state index in [1.165, 1.54) is 46.2 Å². The summed E-state index contributed by atoms with van der Waals surface area (Å²) >= 11 is 0. The maximum absolute atomic E-state index is 13.6. The van der Waals surface area contributed by atoms with Gasteiger partial charge in [0.15, 0.2) is 5.78 Å². The summed E-state index contributed by atoms with van der Waals surface area (Å²) in [5.41, 5.74) is -4.87. The molecule has 37 heavy (non-hydrogen) atoms. The third-order valence-corrected chi connectivity index (χ3v) is 5.99. The minimum absolute atomic E-state index is 0.00781. The van der Waals surface area contributed by atoms with E-state index in [1.807, 2.05) is 0 Å². The molecule has 0 aromatic heterocycles. The molecule has 0 atom stereocenters. The molecule has 3 rings (SSSR count). The van der Waals surface area contributed by atoms with Crippen molar-refractivity contribution in [2.24, 2.45) is 0 Å². The van der Waals surface area contributed by atoms with Crippen LogP contribution in [0.4, 0.5) is 32.0 Å². The largest absolute Gasteiger partial charge is 0.497 e. The molecule has 0 N–H and O–H groups in total. The van der Waals surface area contributed by atoms with E-state index in [9.17, 15) is 35.9 Å². The SMILES string of the molecule is COc1ccc(N(C)C(=O)C(C)(C)c2cc(C(F)(F)F)cc(C(F)(F)F)c2)c(C(=O)c2ccccc2)c1. The van der Waals surface area contributed by atoms with E-state index in [-0.39, 0.29) is 17.3 Å². The van der Waals surface area contributed by atoms with Crippen molar-refractivity contribution in [3.63, 3.8) is 0 Å². The van der Waals surface area contributed by atoms with Gasteiger partial charge in [0.2, 0.25) is 5.91 Å². The van der Waals surface area contributed by atoms with Crippen molar-refractivity contribution in [3.05, 3.63) is 94.5 Å². The van der Waals surface area contributed by atoms with Gasteiger partial charge in [0.25, 0.3) is 0 Å². The van der Waals surface area contributed by atoms with Crippen LogP contribution in [0.3, 0.4) is 0 Å². The first-order valence-corrected chi connectivity index (χ1v) is 10.9. The lowest BCUT2D eigenvalue weighted by Gasteiger charge is -2.32. The summed E-state index contributed by atoms with van der Waals surface area (Å²) in [5, 5.41) is 0. The van der Waals surface area contributed by atoms with Gasteiger partial charge in [-0.3, -0.25) is 9.59 Å². The third-order valence-electron chi connectivity index (χ3n) is 5.99. The van der Waals surface area contributed by atoms with Crippen molar-refractivity contribution in [3.8, 4) is 5.75 Å². The number of carbonyl (C=O) groups is 2. The van der Waals surface area contributed by atoms with Crippen LogP contribution < -0.4 is 9.64 Å². The van der Waals surface area contributed by atoms with Crippen LogP contribution in [0.1, 0.15) is 46.5 Å². The monoisotopic (exact) mass is 523 g/mol. The molecular weight excluding hydrogens is 500 g/mol. The van der Waals surface area contributed by atoms with Crippen LogP contribution in [0, 0.1) is 0 Å². The van der Waals surface area contributed by atoms with E-state index < -0.39 is 46.1 Å². The summed E-state index contributed by atoms with van der Waals surface area (Å²) in [5.74, 6) is -0.964. The molecule has 3 aromatic rings. The molecule has 0 spiro atoms. The molecule has 0 aliphatic carbocycles. The second kappa shape index (κ2) is 9.91. The van der Waals surface area contributed by atoms with Gasteiger partial charge in [-0.2, -0.15) is 26.3 Å². The highest BCUT2D eigenvalue weighted by Gasteiger charge is 2.41. The van der Waals surface area contributed by atoms with E-state index in [0.717, 1.165) is 4.90 Å². The van der Waals surface area contributed by atoms with Gasteiger partial charge in [-0.25, -0.2) is 0 Å². The minimum Gasteiger partial charge on any atom is -0.497 e. The highest BCUT2D eigenvalue weighted by Crippen LogP contribution is 2.40. The Morgan fingerprint density at radius 2 is 1.27 bits per heavy atom. The number of ether oxygens (including phenoxy) is 1. The van der Waals surface area contributed by atoms with Gasteiger partial charge in [-0.1, -0.05) is 30.3 Å². The number of nitrogens with zero attached hydrogens (tertiary/aromatic N) is 1. The molecular formula is C27H23F6NO3. The average Bonchev–Trinajstić information content (AvgIpc) is 2.86. The van der Waals surface area contributed by atoms with Crippen molar-refractivity contribution >= 4 is 17.4 Å². The predicted molar refractivity (Wildman–Crippen MR) is 126 cm³/mol. The Bertz CT molecular complexity index is 1280. The van der Waals surface area contributed by atoms with Crippen LogP contribution in [0.25, 0.3) is 0 Å². The molecule has 0 aliphatic rings. The molecule has 0 unspecified atom stereocenters. The average molecular weight is 523 g/mol. The number of likely N-dealkylation sites (N-methyl/N-ethyl adjacent to an activating group) is 1. The van der Waals surface area contributed by atoms with Crippen molar-refractivity contribution < 1.29 is 40.7 Å². The van der Waals surface area contributed by atoms with Gasteiger partial charge in [0, 0.05) is 18.2 Å². The van der Waals surface area contributed by atoms with E-state index in [4.69, 9.17) is 4.74 Å². The molecule has 0 fully saturated rings. The Morgan fingerprint density at radius 1 is 0.757 bits per heavy atom. The number of benzene rings is 3. The molecule has 3 aromatic carbocycles. The molecule has 1 amide bonds.